The number of sulfone groups is 1. The predicted octanol–water partition coefficient (Wildman–Crippen LogP) is 3.84. The SMILES string of the molecule is CS(=O)(=O)C1CCCC(C(=O)c2cc(Cl)sc2Cl)C1. The minimum absolute atomic E-state index is 0.0819. The van der Waals surface area contributed by atoms with Crippen LogP contribution in [-0.2, 0) is 9.84 Å². The number of hydrogen-bond acceptors (Lipinski definition) is 4. The summed E-state index contributed by atoms with van der Waals surface area (Å²) in [5.41, 5.74) is 0.427. The van der Waals surface area contributed by atoms with Gasteiger partial charge in [-0.2, -0.15) is 0 Å². The molecule has 7 heteroatoms. The monoisotopic (exact) mass is 340 g/mol. The second-order valence-electron chi connectivity index (χ2n) is 4.92. The Morgan fingerprint density at radius 2 is 2.05 bits per heavy atom. The lowest BCUT2D eigenvalue weighted by atomic mass is 9.84. The molecule has 106 valence electrons. The highest BCUT2D eigenvalue weighted by Crippen LogP contribution is 2.36. The minimum Gasteiger partial charge on any atom is -0.294 e. The molecule has 1 saturated carbocycles. The first kappa shape index (κ1) is 15.3. The normalized spacial score (nSPS) is 24.4. The molecule has 1 aromatic rings. The van der Waals surface area contributed by atoms with Gasteiger partial charge < -0.3 is 0 Å². The standard InChI is InChI=1S/C12H14Cl2O3S2/c1-19(16,17)8-4-2-3-7(5-8)11(15)9-6-10(13)18-12(9)14/h6-8H,2-5H2,1H3. The number of Topliss-reactive ketones (excluding diaryl/α,β-unsaturated/α-hetero) is 1. The smallest absolute Gasteiger partial charge is 0.168 e. The van der Waals surface area contributed by atoms with Crippen LogP contribution >= 0.6 is 34.5 Å². The molecule has 0 N–H and O–H groups in total. The van der Waals surface area contributed by atoms with Crippen LogP contribution in [0, 0.1) is 5.92 Å². The zero-order valence-electron chi connectivity index (χ0n) is 10.4. The summed E-state index contributed by atoms with van der Waals surface area (Å²) in [4.78, 5) is 12.4. The lowest BCUT2D eigenvalue weighted by Gasteiger charge is -2.26. The fourth-order valence-electron chi connectivity index (χ4n) is 2.50. The lowest BCUT2D eigenvalue weighted by Crippen LogP contribution is -2.31. The highest BCUT2D eigenvalue weighted by atomic mass is 35.5. The van der Waals surface area contributed by atoms with Gasteiger partial charge in [0, 0.05) is 17.7 Å². The van der Waals surface area contributed by atoms with E-state index in [1.165, 1.54) is 6.26 Å². The highest BCUT2D eigenvalue weighted by Gasteiger charge is 2.33. The summed E-state index contributed by atoms with van der Waals surface area (Å²) in [5.74, 6) is -0.349. The lowest BCUT2D eigenvalue weighted by molar-refractivity contribution is 0.0891. The summed E-state index contributed by atoms with van der Waals surface area (Å²) < 4.78 is 24.1. The first-order valence-electron chi connectivity index (χ1n) is 5.97. The van der Waals surface area contributed by atoms with E-state index in [2.05, 4.69) is 0 Å². The van der Waals surface area contributed by atoms with Crippen molar-refractivity contribution in [1.29, 1.82) is 0 Å². The molecule has 2 unspecified atom stereocenters. The molecule has 19 heavy (non-hydrogen) atoms. The summed E-state index contributed by atoms with van der Waals surface area (Å²) in [6.07, 6.45) is 3.74. The van der Waals surface area contributed by atoms with E-state index in [0.717, 1.165) is 17.8 Å². The third-order valence-electron chi connectivity index (χ3n) is 3.52. The van der Waals surface area contributed by atoms with Crippen molar-refractivity contribution in [2.75, 3.05) is 6.26 Å². The van der Waals surface area contributed by atoms with Crippen LogP contribution in [0.15, 0.2) is 6.07 Å². The molecular weight excluding hydrogens is 327 g/mol. The van der Waals surface area contributed by atoms with E-state index in [-0.39, 0.29) is 11.7 Å². The van der Waals surface area contributed by atoms with E-state index in [9.17, 15) is 13.2 Å². The summed E-state index contributed by atoms with van der Waals surface area (Å²) >= 11 is 13.0. The molecule has 1 fully saturated rings. The minimum atomic E-state index is -3.09. The van der Waals surface area contributed by atoms with Gasteiger partial charge in [-0.25, -0.2) is 8.42 Å². The van der Waals surface area contributed by atoms with E-state index in [1.807, 2.05) is 0 Å². The average Bonchev–Trinajstić information content (AvgIpc) is 2.66. The van der Waals surface area contributed by atoms with Crippen LogP contribution in [0.5, 0.6) is 0 Å². The summed E-state index contributed by atoms with van der Waals surface area (Å²) in [5, 5.41) is -0.414. The fourth-order valence-corrected chi connectivity index (χ4v) is 5.15. The number of thiophene rings is 1. The molecule has 1 heterocycles. The molecule has 0 bridgehead atoms. The van der Waals surface area contributed by atoms with Crippen LogP contribution < -0.4 is 0 Å². The van der Waals surface area contributed by atoms with Gasteiger partial charge in [-0.3, -0.25) is 4.79 Å². The van der Waals surface area contributed by atoms with Gasteiger partial charge in [-0.05, 0) is 25.3 Å². The Morgan fingerprint density at radius 1 is 1.37 bits per heavy atom. The van der Waals surface area contributed by atoms with Crippen molar-refractivity contribution in [3.63, 3.8) is 0 Å². The summed E-state index contributed by atoms with van der Waals surface area (Å²) in [6, 6.07) is 1.57. The van der Waals surface area contributed by atoms with Gasteiger partial charge in [0.1, 0.15) is 14.2 Å². The molecule has 1 aromatic heterocycles. The Balaban J connectivity index is 2.18. The second-order valence-corrected chi connectivity index (χ2v) is 9.53. The Labute approximate surface area is 126 Å². The Kier molecular flexibility index (Phi) is 4.60. The van der Waals surface area contributed by atoms with Crippen LogP contribution in [0.3, 0.4) is 0 Å². The third kappa shape index (κ3) is 3.51. The van der Waals surface area contributed by atoms with Gasteiger partial charge in [0.05, 0.1) is 9.59 Å². The topological polar surface area (TPSA) is 51.2 Å². The van der Waals surface area contributed by atoms with Crippen LogP contribution in [-0.4, -0.2) is 25.7 Å². The molecular formula is C12H14Cl2O3S2. The van der Waals surface area contributed by atoms with Gasteiger partial charge in [-0.1, -0.05) is 29.6 Å². The Bertz CT molecular complexity index is 592. The number of rotatable bonds is 3. The predicted molar refractivity (Wildman–Crippen MR) is 79.3 cm³/mol. The molecule has 0 saturated heterocycles. The van der Waals surface area contributed by atoms with E-state index >= 15 is 0 Å². The average molecular weight is 341 g/mol. The molecule has 1 aliphatic rings. The summed E-state index contributed by atoms with van der Waals surface area (Å²) in [6.45, 7) is 0. The van der Waals surface area contributed by atoms with Gasteiger partial charge in [-0.15, -0.1) is 11.3 Å². The maximum atomic E-state index is 12.4. The first-order chi connectivity index (χ1) is 8.79. The van der Waals surface area contributed by atoms with Gasteiger partial charge in [0.15, 0.2) is 5.78 Å². The zero-order chi connectivity index (χ0) is 14.2. The van der Waals surface area contributed by atoms with Crippen LogP contribution in [0.2, 0.25) is 8.67 Å². The van der Waals surface area contributed by atoms with Crippen molar-refractivity contribution >= 4 is 50.2 Å². The third-order valence-corrected chi connectivity index (χ3v) is 6.65. The van der Waals surface area contributed by atoms with E-state index in [1.54, 1.807) is 6.07 Å². The van der Waals surface area contributed by atoms with Crippen LogP contribution in [0.25, 0.3) is 0 Å². The molecule has 2 atom stereocenters. The maximum absolute atomic E-state index is 12.4. The Hall–Kier alpha value is -0.100. The zero-order valence-corrected chi connectivity index (χ0v) is 13.5. The Morgan fingerprint density at radius 3 is 2.58 bits per heavy atom. The molecule has 1 aliphatic carbocycles. The number of hydrogen-bond donors (Lipinski definition) is 0. The van der Waals surface area contributed by atoms with Crippen molar-refractivity contribution < 1.29 is 13.2 Å². The van der Waals surface area contributed by atoms with E-state index in [4.69, 9.17) is 23.2 Å². The molecule has 0 aromatic carbocycles. The van der Waals surface area contributed by atoms with Gasteiger partial charge >= 0.3 is 0 Å². The van der Waals surface area contributed by atoms with Gasteiger partial charge in [0.25, 0.3) is 0 Å². The number of carbonyl (C=O) groups excluding carboxylic acids is 1. The number of ketones is 1. The quantitative estimate of drug-likeness (QED) is 0.785. The van der Waals surface area contributed by atoms with Crippen molar-refractivity contribution in [1.82, 2.24) is 0 Å². The molecule has 3 nitrogen and oxygen atoms in total. The van der Waals surface area contributed by atoms with Gasteiger partial charge in [0.2, 0.25) is 0 Å². The van der Waals surface area contributed by atoms with E-state index in [0.29, 0.717) is 33.5 Å². The summed E-state index contributed by atoms with van der Waals surface area (Å²) in [7, 11) is -3.09. The largest absolute Gasteiger partial charge is 0.294 e. The van der Waals surface area contributed by atoms with Crippen molar-refractivity contribution in [3.8, 4) is 0 Å². The van der Waals surface area contributed by atoms with Crippen LogP contribution in [0.1, 0.15) is 36.0 Å². The van der Waals surface area contributed by atoms with Crippen LogP contribution in [0.4, 0.5) is 0 Å². The second kappa shape index (κ2) is 5.72. The van der Waals surface area contributed by atoms with Crippen molar-refractivity contribution in [2.24, 2.45) is 5.92 Å². The molecule has 0 amide bonds. The number of halogens is 2. The maximum Gasteiger partial charge on any atom is 0.168 e. The fraction of sp³-hybridized carbons (Fsp3) is 0.583. The van der Waals surface area contributed by atoms with E-state index < -0.39 is 15.1 Å². The molecule has 0 aliphatic heterocycles. The molecule has 2 rings (SSSR count). The number of carbonyl (C=O) groups is 1. The molecule has 0 spiro atoms. The van der Waals surface area contributed by atoms with Crippen molar-refractivity contribution in [3.05, 3.63) is 20.3 Å². The first-order valence-corrected chi connectivity index (χ1v) is 9.49. The van der Waals surface area contributed by atoms with Crippen molar-refractivity contribution in [2.45, 2.75) is 30.9 Å². The molecule has 0 radical (unpaired) electrons. The highest BCUT2D eigenvalue weighted by molar-refractivity contribution is 7.91.